The molecule has 3 heterocycles. The lowest BCUT2D eigenvalue weighted by Crippen LogP contribution is -2.43. The van der Waals surface area contributed by atoms with Crippen LogP contribution in [-0.2, 0) is 4.74 Å². The molecule has 2 aliphatic heterocycles. The summed E-state index contributed by atoms with van der Waals surface area (Å²) < 4.78 is 12.0. The maximum Gasteiger partial charge on any atom is 0.105 e. The SMILES string of the molecule is CCNC(c1cc(C)oc1C)C1CCOC2(CCSC2)C1. The van der Waals surface area contributed by atoms with Crippen LogP contribution in [0.2, 0.25) is 0 Å². The first-order chi connectivity index (χ1) is 10.1. The molecule has 1 spiro atoms. The monoisotopic (exact) mass is 309 g/mol. The highest BCUT2D eigenvalue weighted by atomic mass is 32.2. The van der Waals surface area contributed by atoms with Crippen LogP contribution in [0.3, 0.4) is 0 Å². The van der Waals surface area contributed by atoms with Crippen molar-refractivity contribution in [3.8, 4) is 0 Å². The van der Waals surface area contributed by atoms with E-state index < -0.39 is 0 Å². The molecular formula is C17H27NO2S. The van der Waals surface area contributed by atoms with E-state index in [0.29, 0.717) is 12.0 Å². The van der Waals surface area contributed by atoms with Crippen molar-refractivity contribution in [2.45, 2.75) is 51.7 Å². The van der Waals surface area contributed by atoms with Gasteiger partial charge in [-0.1, -0.05) is 6.92 Å². The van der Waals surface area contributed by atoms with Gasteiger partial charge in [-0.05, 0) is 57.4 Å². The van der Waals surface area contributed by atoms with Gasteiger partial charge in [-0.15, -0.1) is 0 Å². The van der Waals surface area contributed by atoms with Crippen molar-refractivity contribution in [1.29, 1.82) is 0 Å². The van der Waals surface area contributed by atoms with Crippen LogP contribution in [0.4, 0.5) is 0 Å². The van der Waals surface area contributed by atoms with Crippen LogP contribution in [0, 0.1) is 19.8 Å². The minimum absolute atomic E-state index is 0.147. The average molecular weight is 309 g/mol. The summed E-state index contributed by atoms with van der Waals surface area (Å²) in [6.07, 6.45) is 3.55. The van der Waals surface area contributed by atoms with Gasteiger partial charge in [-0.25, -0.2) is 0 Å². The van der Waals surface area contributed by atoms with Gasteiger partial charge in [0.05, 0.1) is 5.60 Å². The van der Waals surface area contributed by atoms with Gasteiger partial charge in [0.15, 0.2) is 0 Å². The number of nitrogens with one attached hydrogen (secondary N) is 1. The Hall–Kier alpha value is -0.450. The predicted molar refractivity (Wildman–Crippen MR) is 87.9 cm³/mol. The maximum absolute atomic E-state index is 6.18. The van der Waals surface area contributed by atoms with Crippen molar-refractivity contribution in [1.82, 2.24) is 5.32 Å². The van der Waals surface area contributed by atoms with Crippen LogP contribution in [0.15, 0.2) is 10.5 Å². The molecule has 3 unspecified atom stereocenters. The molecule has 1 aromatic heterocycles. The standard InChI is InChI=1S/C17H27NO2S/c1-4-18-16(15-9-12(2)20-13(15)3)14-5-7-19-17(10-14)6-8-21-11-17/h9,14,16,18H,4-8,10-11H2,1-3H3. The Morgan fingerprint density at radius 2 is 2.33 bits per heavy atom. The lowest BCUT2D eigenvalue weighted by molar-refractivity contribution is -0.0854. The van der Waals surface area contributed by atoms with Gasteiger partial charge in [-0.2, -0.15) is 11.8 Å². The molecule has 0 saturated carbocycles. The van der Waals surface area contributed by atoms with Gasteiger partial charge in [-0.3, -0.25) is 0 Å². The van der Waals surface area contributed by atoms with Crippen LogP contribution in [-0.4, -0.2) is 30.3 Å². The molecule has 1 N–H and O–H groups in total. The molecule has 0 bridgehead atoms. The first kappa shape index (κ1) is 15.4. The third-order valence-electron chi connectivity index (χ3n) is 4.91. The van der Waals surface area contributed by atoms with E-state index in [4.69, 9.17) is 9.15 Å². The molecule has 0 amide bonds. The lowest BCUT2D eigenvalue weighted by atomic mass is 9.79. The molecular weight excluding hydrogens is 282 g/mol. The fourth-order valence-electron chi connectivity index (χ4n) is 3.92. The first-order valence-corrected chi connectivity index (χ1v) is 9.31. The fraction of sp³-hybridized carbons (Fsp3) is 0.765. The number of thioether (sulfide) groups is 1. The van der Waals surface area contributed by atoms with Gasteiger partial charge in [0.25, 0.3) is 0 Å². The molecule has 1 aromatic rings. The zero-order valence-electron chi connectivity index (χ0n) is 13.4. The van der Waals surface area contributed by atoms with Crippen LogP contribution < -0.4 is 5.32 Å². The molecule has 0 radical (unpaired) electrons. The van der Waals surface area contributed by atoms with Gasteiger partial charge in [0.1, 0.15) is 11.5 Å². The highest BCUT2D eigenvalue weighted by molar-refractivity contribution is 7.99. The van der Waals surface area contributed by atoms with Crippen molar-refractivity contribution in [3.05, 3.63) is 23.2 Å². The number of rotatable bonds is 4. The highest BCUT2D eigenvalue weighted by Crippen LogP contribution is 2.44. The molecule has 3 rings (SSSR count). The number of ether oxygens (including phenoxy) is 1. The summed E-state index contributed by atoms with van der Waals surface area (Å²) in [5.41, 5.74) is 1.50. The summed E-state index contributed by atoms with van der Waals surface area (Å²) in [6.45, 7) is 8.22. The van der Waals surface area contributed by atoms with Crippen molar-refractivity contribution in [3.63, 3.8) is 0 Å². The van der Waals surface area contributed by atoms with E-state index in [1.54, 1.807) is 0 Å². The topological polar surface area (TPSA) is 34.4 Å². The fourth-order valence-corrected chi connectivity index (χ4v) is 5.30. The van der Waals surface area contributed by atoms with Gasteiger partial charge in [0.2, 0.25) is 0 Å². The molecule has 118 valence electrons. The number of aryl methyl sites for hydroxylation is 2. The summed E-state index contributed by atoms with van der Waals surface area (Å²) in [6, 6.07) is 2.62. The largest absolute Gasteiger partial charge is 0.466 e. The quantitative estimate of drug-likeness (QED) is 0.916. The molecule has 3 atom stereocenters. The second-order valence-electron chi connectivity index (χ2n) is 6.49. The number of hydrogen-bond donors (Lipinski definition) is 1. The highest BCUT2D eigenvalue weighted by Gasteiger charge is 2.43. The van der Waals surface area contributed by atoms with E-state index in [-0.39, 0.29) is 5.60 Å². The van der Waals surface area contributed by atoms with Gasteiger partial charge < -0.3 is 14.5 Å². The van der Waals surface area contributed by atoms with E-state index in [1.807, 2.05) is 18.7 Å². The Labute approximate surface area is 132 Å². The van der Waals surface area contributed by atoms with E-state index >= 15 is 0 Å². The Balaban J connectivity index is 1.81. The summed E-state index contributed by atoms with van der Waals surface area (Å²) in [4.78, 5) is 0. The van der Waals surface area contributed by atoms with Crippen LogP contribution in [0.25, 0.3) is 0 Å². The maximum atomic E-state index is 6.18. The summed E-state index contributed by atoms with van der Waals surface area (Å²) in [5.74, 6) is 5.16. The second kappa shape index (κ2) is 6.35. The van der Waals surface area contributed by atoms with E-state index in [2.05, 4.69) is 25.2 Å². The van der Waals surface area contributed by atoms with Crippen molar-refractivity contribution in [2.24, 2.45) is 5.92 Å². The van der Waals surface area contributed by atoms with Crippen molar-refractivity contribution in [2.75, 3.05) is 24.7 Å². The summed E-state index contributed by atoms with van der Waals surface area (Å²) in [7, 11) is 0. The average Bonchev–Trinajstić information content (AvgIpc) is 3.03. The zero-order chi connectivity index (χ0) is 14.9. The first-order valence-electron chi connectivity index (χ1n) is 8.15. The van der Waals surface area contributed by atoms with Crippen LogP contribution >= 0.6 is 11.8 Å². The van der Waals surface area contributed by atoms with Crippen molar-refractivity contribution >= 4 is 11.8 Å². The molecule has 4 heteroatoms. The smallest absolute Gasteiger partial charge is 0.105 e. The zero-order valence-corrected chi connectivity index (χ0v) is 14.2. The van der Waals surface area contributed by atoms with E-state index in [0.717, 1.165) is 31.1 Å². The summed E-state index contributed by atoms with van der Waals surface area (Å²) >= 11 is 2.05. The van der Waals surface area contributed by atoms with Crippen LogP contribution in [0.5, 0.6) is 0 Å². The minimum atomic E-state index is 0.147. The molecule has 3 nitrogen and oxygen atoms in total. The molecule has 0 aromatic carbocycles. The minimum Gasteiger partial charge on any atom is -0.466 e. The number of hydrogen-bond acceptors (Lipinski definition) is 4. The van der Waals surface area contributed by atoms with E-state index in [9.17, 15) is 0 Å². The van der Waals surface area contributed by atoms with Crippen molar-refractivity contribution < 1.29 is 9.15 Å². The molecule has 21 heavy (non-hydrogen) atoms. The molecule has 2 saturated heterocycles. The molecule has 2 fully saturated rings. The Morgan fingerprint density at radius 1 is 1.48 bits per heavy atom. The third-order valence-corrected chi connectivity index (χ3v) is 6.13. The number of furan rings is 1. The second-order valence-corrected chi connectivity index (χ2v) is 7.60. The molecule has 0 aliphatic carbocycles. The normalized spacial score (nSPS) is 30.9. The Bertz CT molecular complexity index is 479. The lowest BCUT2D eigenvalue weighted by Gasteiger charge is -2.41. The summed E-state index contributed by atoms with van der Waals surface area (Å²) in [5, 5.41) is 3.71. The van der Waals surface area contributed by atoms with Crippen LogP contribution in [0.1, 0.15) is 49.3 Å². The Morgan fingerprint density at radius 3 is 2.95 bits per heavy atom. The van der Waals surface area contributed by atoms with Gasteiger partial charge in [0, 0.05) is 24.0 Å². The van der Waals surface area contributed by atoms with E-state index in [1.165, 1.54) is 29.9 Å². The predicted octanol–water partition coefficient (Wildman–Crippen LogP) is 3.85. The van der Waals surface area contributed by atoms with Gasteiger partial charge >= 0.3 is 0 Å². The molecule has 2 aliphatic rings. The Kier molecular flexibility index (Phi) is 4.67. The third kappa shape index (κ3) is 3.17.